The molecule has 1 saturated heterocycles. The Morgan fingerprint density at radius 3 is 2.09 bits per heavy atom. The zero-order valence-electron chi connectivity index (χ0n) is 17.9. The molecule has 0 spiro atoms. The number of hydrogen-bond donors (Lipinski definition) is 0. The maximum atomic E-state index is 14.3. The molecule has 4 atom stereocenters. The smallest absolute Gasteiger partial charge is 0.417 e. The minimum absolute atomic E-state index is 0.243. The van der Waals surface area contributed by atoms with Gasteiger partial charge in [-0.1, -0.05) is 13.0 Å². The van der Waals surface area contributed by atoms with Gasteiger partial charge in [0.1, 0.15) is 0 Å². The van der Waals surface area contributed by atoms with Crippen LogP contribution in [0.5, 0.6) is 5.75 Å². The van der Waals surface area contributed by atoms with Gasteiger partial charge in [-0.3, -0.25) is 0 Å². The molecule has 1 heterocycles. The average Bonchev–Trinajstić information content (AvgIpc) is 3.00. The highest BCUT2D eigenvalue weighted by Crippen LogP contribution is 2.55. The van der Waals surface area contributed by atoms with Gasteiger partial charge in [0, 0.05) is 11.5 Å². The van der Waals surface area contributed by atoms with Crippen molar-refractivity contribution in [1.82, 2.24) is 0 Å². The van der Waals surface area contributed by atoms with Crippen molar-refractivity contribution < 1.29 is 54.1 Å². The lowest BCUT2D eigenvalue weighted by molar-refractivity contribution is -0.291. The second-order valence-corrected chi connectivity index (χ2v) is 7.87. The number of ether oxygens (including phenoxy) is 3. The summed E-state index contributed by atoms with van der Waals surface area (Å²) in [6.45, 7) is 1.84. The molecule has 0 aliphatic carbocycles. The van der Waals surface area contributed by atoms with Crippen molar-refractivity contribution in [3.05, 3.63) is 64.7 Å². The summed E-state index contributed by atoms with van der Waals surface area (Å²) in [6, 6.07) is 4.45. The van der Waals surface area contributed by atoms with E-state index in [1.165, 1.54) is 0 Å². The van der Waals surface area contributed by atoms with E-state index in [1.807, 2.05) is 0 Å². The predicted octanol–water partition coefficient (Wildman–Crippen LogP) is 6.25. The number of esters is 1. The molecule has 34 heavy (non-hydrogen) atoms. The molecule has 12 heteroatoms. The Kier molecular flexibility index (Phi) is 6.59. The van der Waals surface area contributed by atoms with Crippen LogP contribution in [0, 0.1) is 17.6 Å². The zero-order chi connectivity index (χ0) is 25.6. The van der Waals surface area contributed by atoms with E-state index < -0.39 is 65.0 Å². The van der Waals surface area contributed by atoms with Crippen LogP contribution in [0.25, 0.3) is 0 Å². The number of hydrogen-bond acceptors (Lipinski definition) is 4. The molecule has 0 radical (unpaired) electrons. The number of alkyl halides is 6. The number of halogens is 8. The van der Waals surface area contributed by atoms with Gasteiger partial charge in [-0.25, -0.2) is 9.18 Å². The van der Waals surface area contributed by atoms with E-state index in [-0.39, 0.29) is 11.1 Å². The summed E-state index contributed by atoms with van der Waals surface area (Å²) in [4.78, 5) is 12.6. The van der Waals surface area contributed by atoms with Crippen LogP contribution < -0.4 is 4.74 Å². The van der Waals surface area contributed by atoms with E-state index in [9.17, 15) is 39.9 Å². The summed E-state index contributed by atoms with van der Waals surface area (Å²) in [5.74, 6) is -7.68. The van der Waals surface area contributed by atoms with E-state index in [0.717, 1.165) is 32.2 Å². The van der Waals surface area contributed by atoms with Crippen molar-refractivity contribution in [2.75, 3.05) is 7.11 Å². The van der Waals surface area contributed by atoms with Crippen molar-refractivity contribution >= 4 is 5.97 Å². The minimum atomic E-state index is -4.95. The third kappa shape index (κ3) is 4.42. The largest absolute Gasteiger partial charge is 0.493 e. The lowest BCUT2D eigenvalue weighted by Crippen LogP contribution is -2.47. The summed E-state index contributed by atoms with van der Waals surface area (Å²) in [5, 5.41) is 0. The van der Waals surface area contributed by atoms with Crippen LogP contribution in [0.2, 0.25) is 0 Å². The predicted molar refractivity (Wildman–Crippen MR) is 101 cm³/mol. The fraction of sp³-hybridized carbons (Fsp3) is 0.409. The first kappa shape index (κ1) is 25.7. The summed E-state index contributed by atoms with van der Waals surface area (Å²) in [6.07, 6.45) is -11.6. The number of carbonyl (C=O) groups excluding carboxylic acids is 1. The first-order valence-corrected chi connectivity index (χ1v) is 9.76. The van der Waals surface area contributed by atoms with Crippen LogP contribution in [0.15, 0.2) is 36.4 Å². The summed E-state index contributed by atoms with van der Waals surface area (Å²) < 4.78 is 123. The van der Waals surface area contributed by atoms with Crippen LogP contribution in [0.4, 0.5) is 35.1 Å². The van der Waals surface area contributed by atoms with Gasteiger partial charge < -0.3 is 14.2 Å². The van der Waals surface area contributed by atoms with Gasteiger partial charge in [0.15, 0.2) is 17.2 Å². The van der Waals surface area contributed by atoms with Gasteiger partial charge in [0.25, 0.3) is 0 Å². The number of carbonyl (C=O) groups is 1. The Hall–Kier alpha value is -2.89. The van der Waals surface area contributed by atoms with Crippen LogP contribution >= 0.6 is 0 Å². The van der Waals surface area contributed by atoms with E-state index in [2.05, 4.69) is 0 Å². The molecule has 3 rings (SSSR count). The van der Waals surface area contributed by atoms with E-state index in [0.29, 0.717) is 25.1 Å². The maximum Gasteiger partial charge on any atom is 0.417 e. The van der Waals surface area contributed by atoms with Gasteiger partial charge in [-0.2, -0.15) is 30.7 Å². The van der Waals surface area contributed by atoms with Crippen LogP contribution in [-0.4, -0.2) is 31.1 Å². The highest BCUT2D eigenvalue weighted by molar-refractivity contribution is 5.89. The van der Waals surface area contributed by atoms with Crippen LogP contribution in [-0.2, 0) is 15.7 Å². The van der Waals surface area contributed by atoms with E-state index in [1.54, 1.807) is 0 Å². The zero-order valence-corrected chi connectivity index (χ0v) is 17.9. The molecule has 1 fully saturated rings. The summed E-state index contributed by atoms with van der Waals surface area (Å²) in [5.41, 5.74) is -4.55. The SMILES string of the molecule is COc1c([C@H]2[C@H](OC(=O)c3ccc(C(F)(F)F)cc3)O[C@@](C)(C(F)(F)F)[C@H]2C)ccc(F)c1F. The Morgan fingerprint density at radius 1 is 1.00 bits per heavy atom. The molecule has 0 bridgehead atoms. The monoisotopic (exact) mass is 498 g/mol. The Bertz CT molecular complexity index is 1060. The second kappa shape index (κ2) is 8.71. The van der Waals surface area contributed by atoms with Crippen LogP contribution in [0.3, 0.4) is 0 Å². The average molecular weight is 498 g/mol. The molecule has 2 aromatic carbocycles. The summed E-state index contributed by atoms with van der Waals surface area (Å²) in [7, 11) is 0.980. The van der Waals surface area contributed by atoms with E-state index in [4.69, 9.17) is 14.2 Å². The first-order chi connectivity index (χ1) is 15.6. The highest BCUT2D eigenvalue weighted by atomic mass is 19.4. The molecule has 0 amide bonds. The van der Waals surface area contributed by atoms with Gasteiger partial charge in [-0.05, 0) is 37.3 Å². The first-order valence-electron chi connectivity index (χ1n) is 9.76. The lowest BCUT2D eigenvalue weighted by atomic mass is 9.79. The number of rotatable bonds is 4. The van der Waals surface area contributed by atoms with Crippen LogP contribution in [0.1, 0.15) is 41.3 Å². The van der Waals surface area contributed by atoms with Gasteiger partial charge in [0.05, 0.1) is 24.2 Å². The normalized spacial score (nSPS) is 25.3. The number of methoxy groups -OCH3 is 1. The molecule has 4 nitrogen and oxygen atoms in total. The fourth-order valence-electron chi connectivity index (χ4n) is 3.82. The molecule has 186 valence electrons. The highest BCUT2D eigenvalue weighted by Gasteiger charge is 2.65. The quantitative estimate of drug-likeness (QED) is 0.370. The Morgan fingerprint density at radius 2 is 1.59 bits per heavy atom. The molecule has 2 aromatic rings. The molecular weight excluding hydrogens is 480 g/mol. The van der Waals surface area contributed by atoms with Crippen molar-refractivity contribution in [1.29, 1.82) is 0 Å². The van der Waals surface area contributed by atoms with Crippen molar-refractivity contribution in [3.8, 4) is 5.75 Å². The molecule has 0 aromatic heterocycles. The third-order valence-electron chi connectivity index (χ3n) is 5.94. The minimum Gasteiger partial charge on any atom is -0.493 e. The van der Waals surface area contributed by atoms with Gasteiger partial charge in [0.2, 0.25) is 12.1 Å². The molecule has 0 unspecified atom stereocenters. The molecule has 0 saturated carbocycles. The molecule has 1 aliphatic heterocycles. The fourth-order valence-corrected chi connectivity index (χ4v) is 3.82. The topological polar surface area (TPSA) is 44.8 Å². The van der Waals surface area contributed by atoms with Crippen molar-refractivity contribution in [2.45, 2.75) is 44.0 Å². The number of benzene rings is 2. The Labute approximate surface area is 188 Å². The van der Waals surface area contributed by atoms with Gasteiger partial charge >= 0.3 is 18.3 Å². The van der Waals surface area contributed by atoms with Gasteiger partial charge in [-0.15, -0.1) is 0 Å². The molecule has 0 N–H and O–H groups in total. The standard InChI is InChI=1S/C22H18F8O4/c1-10-15(13-8-9-14(23)16(24)17(13)32-3)19(34-20(10,2)22(28,29)30)33-18(31)11-4-6-12(7-5-11)21(25,26)27/h4-10,15,19H,1-3H3/t10-,15-,19+,20+/m0/s1. The lowest BCUT2D eigenvalue weighted by Gasteiger charge is -2.31. The molecule has 1 aliphatic rings. The Balaban J connectivity index is 2.02. The molecular formula is C22H18F8O4. The second-order valence-electron chi connectivity index (χ2n) is 7.87. The third-order valence-corrected chi connectivity index (χ3v) is 5.94. The van der Waals surface area contributed by atoms with E-state index >= 15 is 0 Å². The summed E-state index contributed by atoms with van der Waals surface area (Å²) >= 11 is 0. The van der Waals surface area contributed by atoms with Crippen molar-refractivity contribution in [3.63, 3.8) is 0 Å². The maximum absolute atomic E-state index is 14.3. The van der Waals surface area contributed by atoms with Crippen molar-refractivity contribution in [2.24, 2.45) is 5.92 Å².